The highest BCUT2D eigenvalue weighted by molar-refractivity contribution is 5.54. The van der Waals surface area contributed by atoms with E-state index in [4.69, 9.17) is 5.73 Å². The van der Waals surface area contributed by atoms with Gasteiger partial charge in [-0.2, -0.15) is 5.10 Å². The van der Waals surface area contributed by atoms with Crippen molar-refractivity contribution in [2.45, 2.75) is 19.9 Å². The number of hydrogen-bond acceptors (Lipinski definition) is 5. The lowest BCUT2D eigenvalue weighted by Gasteiger charge is -2.17. The molecule has 0 aliphatic rings. The molecule has 3 rings (SSSR count). The van der Waals surface area contributed by atoms with E-state index in [1.54, 1.807) is 13.0 Å². The largest absolute Gasteiger partial charge is 0.398 e. The van der Waals surface area contributed by atoms with Crippen molar-refractivity contribution in [3.05, 3.63) is 52.2 Å². The number of para-hydroxylation sites is 1. The standard InChI is InChI=1S/C14H16N6O/c1-8(10-5-3-4-6-11(10)15)16-12-7-13-18-19-14(21)20(13)9(2)17-12/h3-8,16H,15H2,1-2H3,(H,19,21). The summed E-state index contributed by atoms with van der Waals surface area (Å²) in [5.74, 6) is 1.22. The van der Waals surface area contributed by atoms with E-state index in [2.05, 4.69) is 20.5 Å². The van der Waals surface area contributed by atoms with Gasteiger partial charge in [-0.15, -0.1) is 0 Å². The monoisotopic (exact) mass is 284 g/mol. The van der Waals surface area contributed by atoms with E-state index in [-0.39, 0.29) is 11.7 Å². The molecule has 0 fully saturated rings. The predicted octanol–water partition coefficient (Wildman–Crippen LogP) is 1.48. The molecular weight excluding hydrogens is 268 g/mol. The Kier molecular flexibility index (Phi) is 3.09. The van der Waals surface area contributed by atoms with Gasteiger partial charge >= 0.3 is 5.69 Å². The minimum absolute atomic E-state index is 0.00814. The SMILES string of the molecule is Cc1nc(NC(C)c2ccccc2N)cc2n[nH]c(=O)n12. The quantitative estimate of drug-likeness (QED) is 0.632. The summed E-state index contributed by atoms with van der Waals surface area (Å²) in [7, 11) is 0. The number of rotatable bonds is 3. The first-order chi connectivity index (χ1) is 10.1. The lowest BCUT2D eigenvalue weighted by molar-refractivity contribution is 0.862. The molecule has 0 spiro atoms. The number of anilines is 2. The number of nitrogens with zero attached hydrogens (tertiary/aromatic N) is 3. The summed E-state index contributed by atoms with van der Waals surface area (Å²) in [6.45, 7) is 3.76. The molecule has 2 aromatic heterocycles. The first kappa shape index (κ1) is 13.2. The van der Waals surface area contributed by atoms with Crippen molar-refractivity contribution < 1.29 is 0 Å². The maximum Gasteiger partial charge on any atom is 0.349 e. The zero-order valence-electron chi connectivity index (χ0n) is 11.8. The first-order valence-electron chi connectivity index (χ1n) is 6.62. The predicted molar refractivity (Wildman–Crippen MR) is 81.2 cm³/mol. The van der Waals surface area contributed by atoms with Gasteiger partial charge in [0, 0.05) is 11.8 Å². The van der Waals surface area contributed by atoms with Crippen LogP contribution in [0.15, 0.2) is 35.1 Å². The molecule has 1 aromatic carbocycles. The highest BCUT2D eigenvalue weighted by atomic mass is 16.1. The summed E-state index contributed by atoms with van der Waals surface area (Å²) in [5.41, 5.74) is 7.94. The molecule has 0 aliphatic heterocycles. The molecule has 0 saturated carbocycles. The molecule has 7 heteroatoms. The Bertz CT molecular complexity index is 850. The third-order valence-electron chi connectivity index (χ3n) is 3.40. The molecule has 7 nitrogen and oxygen atoms in total. The Morgan fingerprint density at radius 2 is 2.14 bits per heavy atom. The number of benzene rings is 1. The van der Waals surface area contributed by atoms with Crippen molar-refractivity contribution in [2.75, 3.05) is 11.1 Å². The van der Waals surface area contributed by atoms with E-state index in [1.807, 2.05) is 31.2 Å². The fourth-order valence-electron chi connectivity index (χ4n) is 2.38. The second kappa shape index (κ2) is 4.93. The first-order valence-corrected chi connectivity index (χ1v) is 6.62. The number of nitrogen functional groups attached to an aromatic ring is 1. The van der Waals surface area contributed by atoms with Crippen LogP contribution < -0.4 is 16.7 Å². The Hall–Kier alpha value is -2.83. The number of nitrogens with two attached hydrogens (primary N) is 1. The van der Waals surface area contributed by atoms with Gasteiger partial charge in [-0.1, -0.05) is 18.2 Å². The highest BCUT2D eigenvalue weighted by Gasteiger charge is 2.11. The van der Waals surface area contributed by atoms with Crippen LogP contribution in [0.3, 0.4) is 0 Å². The van der Waals surface area contributed by atoms with Crippen molar-refractivity contribution in [1.82, 2.24) is 19.6 Å². The molecule has 1 atom stereocenters. The van der Waals surface area contributed by atoms with Crippen molar-refractivity contribution >= 4 is 17.2 Å². The molecule has 3 aromatic rings. The van der Waals surface area contributed by atoms with Crippen LogP contribution in [0.25, 0.3) is 5.65 Å². The average Bonchev–Trinajstić information content (AvgIpc) is 2.81. The normalized spacial score (nSPS) is 12.5. The van der Waals surface area contributed by atoms with Crippen LogP contribution in [0.4, 0.5) is 11.5 Å². The third-order valence-corrected chi connectivity index (χ3v) is 3.40. The van der Waals surface area contributed by atoms with Crippen LogP contribution in [0.2, 0.25) is 0 Å². The Morgan fingerprint density at radius 3 is 2.90 bits per heavy atom. The van der Waals surface area contributed by atoms with Crippen LogP contribution in [0, 0.1) is 6.92 Å². The summed E-state index contributed by atoms with van der Waals surface area (Å²) in [6.07, 6.45) is 0. The fraction of sp³-hybridized carbons (Fsp3) is 0.214. The number of nitrogens with one attached hydrogen (secondary N) is 2. The van der Waals surface area contributed by atoms with Crippen molar-refractivity contribution in [3.63, 3.8) is 0 Å². The summed E-state index contributed by atoms with van der Waals surface area (Å²) >= 11 is 0. The molecule has 0 bridgehead atoms. The van der Waals surface area contributed by atoms with Crippen LogP contribution >= 0.6 is 0 Å². The number of fused-ring (bicyclic) bond motifs is 1. The summed E-state index contributed by atoms with van der Waals surface area (Å²) in [5, 5.41) is 9.65. The molecule has 21 heavy (non-hydrogen) atoms. The number of hydrogen-bond donors (Lipinski definition) is 3. The molecular formula is C14H16N6O. The van der Waals surface area contributed by atoms with Crippen LogP contribution in [-0.2, 0) is 0 Å². The second-order valence-electron chi connectivity index (χ2n) is 4.91. The minimum Gasteiger partial charge on any atom is -0.398 e. The maximum atomic E-state index is 11.6. The van der Waals surface area contributed by atoms with Crippen LogP contribution in [0.1, 0.15) is 24.4 Å². The van der Waals surface area contributed by atoms with Gasteiger partial charge < -0.3 is 11.1 Å². The zero-order valence-corrected chi connectivity index (χ0v) is 11.8. The highest BCUT2D eigenvalue weighted by Crippen LogP contribution is 2.23. The average molecular weight is 284 g/mol. The lowest BCUT2D eigenvalue weighted by Crippen LogP contribution is -2.15. The fourth-order valence-corrected chi connectivity index (χ4v) is 2.38. The van der Waals surface area contributed by atoms with Gasteiger partial charge in [0.1, 0.15) is 11.6 Å². The number of aromatic nitrogens is 4. The van der Waals surface area contributed by atoms with Crippen LogP contribution in [-0.4, -0.2) is 19.6 Å². The summed E-state index contributed by atoms with van der Waals surface area (Å²) in [6, 6.07) is 9.39. The van der Waals surface area contributed by atoms with E-state index < -0.39 is 0 Å². The third kappa shape index (κ3) is 2.33. The van der Waals surface area contributed by atoms with Crippen molar-refractivity contribution in [1.29, 1.82) is 0 Å². The van der Waals surface area contributed by atoms with Gasteiger partial charge in [0.25, 0.3) is 0 Å². The number of aryl methyl sites for hydroxylation is 1. The Labute approximate surface area is 120 Å². The topological polar surface area (TPSA) is 101 Å². The van der Waals surface area contributed by atoms with Gasteiger partial charge in [0.05, 0.1) is 6.04 Å². The number of aromatic amines is 1. The van der Waals surface area contributed by atoms with Gasteiger partial charge in [-0.3, -0.25) is 0 Å². The molecule has 1 unspecified atom stereocenters. The Morgan fingerprint density at radius 1 is 1.38 bits per heavy atom. The summed E-state index contributed by atoms with van der Waals surface area (Å²) < 4.78 is 1.42. The van der Waals surface area contributed by atoms with Gasteiger partial charge in [0.15, 0.2) is 5.65 Å². The number of H-pyrrole nitrogens is 1. The molecule has 4 N–H and O–H groups in total. The molecule has 0 saturated heterocycles. The maximum absolute atomic E-state index is 11.6. The van der Waals surface area contributed by atoms with E-state index in [1.165, 1.54) is 4.40 Å². The van der Waals surface area contributed by atoms with Crippen LogP contribution in [0.5, 0.6) is 0 Å². The zero-order chi connectivity index (χ0) is 15.0. The molecule has 108 valence electrons. The van der Waals surface area contributed by atoms with E-state index in [9.17, 15) is 4.79 Å². The van der Waals surface area contributed by atoms with E-state index in [0.29, 0.717) is 17.3 Å². The van der Waals surface area contributed by atoms with E-state index >= 15 is 0 Å². The van der Waals surface area contributed by atoms with Crippen molar-refractivity contribution in [3.8, 4) is 0 Å². The van der Waals surface area contributed by atoms with Gasteiger partial charge in [-0.05, 0) is 25.5 Å². The molecule has 0 amide bonds. The summed E-state index contributed by atoms with van der Waals surface area (Å²) in [4.78, 5) is 15.9. The lowest BCUT2D eigenvalue weighted by atomic mass is 10.1. The molecule has 0 aliphatic carbocycles. The van der Waals surface area contributed by atoms with Gasteiger partial charge in [0.2, 0.25) is 0 Å². The second-order valence-corrected chi connectivity index (χ2v) is 4.91. The van der Waals surface area contributed by atoms with E-state index in [0.717, 1.165) is 11.3 Å². The minimum atomic E-state index is -0.290. The van der Waals surface area contributed by atoms with Gasteiger partial charge in [-0.25, -0.2) is 19.3 Å². The smallest absolute Gasteiger partial charge is 0.349 e. The molecule has 2 heterocycles. The Balaban J connectivity index is 1.95. The van der Waals surface area contributed by atoms with Crippen molar-refractivity contribution in [2.24, 2.45) is 0 Å². The molecule has 0 radical (unpaired) electrons.